The third-order valence-electron chi connectivity index (χ3n) is 5.62. The molecule has 0 amide bonds. The highest BCUT2D eigenvalue weighted by molar-refractivity contribution is 7.86. The minimum atomic E-state index is -5.08. The number of nitrogens with zero attached hydrogens (tertiary/aromatic N) is 3. The number of fused-ring (bicyclic) bond motifs is 1. The van der Waals surface area contributed by atoms with E-state index in [0.717, 1.165) is 30.7 Å². The third-order valence-corrected chi connectivity index (χ3v) is 7.48. The van der Waals surface area contributed by atoms with Crippen LogP contribution < -0.4 is 0 Å². The zero-order chi connectivity index (χ0) is 23.4. The summed E-state index contributed by atoms with van der Waals surface area (Å²) < 4.78 is 65.5. The quantitative estimate of drug-likeness (QED) is 0.690. The van der Waals surface area contributed by atoms with Crippen LogP contribution in [0, 0.1) is 18.3 Å². The van der Waals surface area contributed by atoms with Crippen LogP contribution in [0.5, 0.6) is 0 Å². The lowest BCUT2D eigenvalue weighted by Crippen LogP contribution is -2.40. The van der Waals surface area contributed by atoms with Crippen molar-refractivity contribution in [3.63, 3.8) is 0 Å². The molecule has 1 saturated carbocycles. The van der Waals surface area contributed by atoms with Crippen molar-refractivity contribution in [1.82, 2.24) is 13.6 Å². The van der Waals surface area contributed by atoms with Gasteiger partial charge in [0.1, 0.15) is 0 Å². The van der Waals surface area contributed by atoms with Gasteiger partial charge in [0.25, 0.3) is 10.2 Å². The van der Waals surface area contributed by atoms with E-state index in [9.17, 15) is 21.6 Å². The maximum Gasteiger partial charge on any atom is 0.490 e. The van der Waals surface area contributed by atoms with Gasteiger partial charge in [-0.25, -0.2) is 4.79 Å². The highest BCUT2D eigenvalue weighted by Crippen LogP contribution is 2.49. The molecule has 2 heterocycles. The average molecular weight is 468 g/mol. The van der Waals surface area contributed by atoms with E-state index in [0.29, 0.717) is 32.2 Å². The number of pyridine rings is 1. The van der Waals surface area contributed by atoms with E-state index in [2.05, 4.69) is 4.98 Å². The van der Waals surface area contributed by atoms with Crippen LogP contribution in [0.15, 0.2) is 18.2 Å². The zero-order valence-electron chi connectivity index (χ0n) is 17.7. The Morgan fingerprint density at radius 1 is 1.39 bits per heavy atom. The number of carbonyl (C=O) groups is 1. The summed E-state index contributed by atoms with van der Waals surface area (Å²) in [6, 6.07) is 5.92. The monoisotopic (exact) mass is 467 g/mol. The Balaban J connectivity index is 0.000000423. The minimum absolute atomic E-state index is 0.0348. The SMILES string of the molecule is Cc1cccc(COC[C@@]23CCC[C@@H]2CN(S(=O)(=O)N(C)C)C3)n1.O=C(O)C(F)(F)F. The van der Waals surface area contributed by atoms with E-state index in [1.807, 2.05) is 25.1 Å². The second kappa shape index (κ2) is 9.80. The first-order valence-corrected chi connectivity index (χ1v) is 11.2. The Morgan fingerprint density at radius 2 is 2.03 bits per heavy atom. The number of hydrogen-bond donors (Lipinski definition) is 1. The van der Waals surface area contributed by atoms with Crippen molar-refractivity contribution in [1.29, 1.82) is 0 Å². The van der Waals surface area contributed by atoms with Gasteiger partial charge in [-0.05, 0) is 37.8 Å². The van der Waals surface area contributed by atoms with Crippen LogP contribution in [0.3, 0.4) is 0 Å². The average Bonchev–Trinajstić information content (AvgIpc) is 3.19. The van der Waals surface area contributed by atoms with Crippen molar-refractivity contribution in [3.05, 3.63) is 29.6 Å². The predicted molar refractivity (Wildman–Crippen MR) is 106 cm³/mol. The number of carboxylic acid groups (broad SMARTS) is 1. The summed E-state index contributed by atoms with van der Waals surface area (Å²) >= 11 is 0. The Hall–Kier alpha value is -1.76. The van der Waals surface area contributed by atoms with Gasteiger partial charge in [-0.15, -0.1) is 0 Å². The van der Waals surface area contributed by atoms with Crippen molar-refractivity contribution >= 4 is 16.2 Å². The molecule has 1 aromatic heterocycles. The lowest BCUT2D eigenvalue weighted by atomic mass is 9.82. The van der Waals surface area contributed by atoms with Gasteiger partial charge in [-0.2, -0.15) is 30.2 Å². The fourth-order valence-corrected chi connectivity index (χ4v) is 5.30. The Bertz CT molecular complexity index is 879. The van der Waals surface area contributed by atoms with Gasteiger partial charge in [-0.1, -0.05) is 12.5 Å². The molecule has 31 heavy (non-hydrogen) atoms. The number of carboxylic acids is 1. The van der Waals surface area contributed by atoms with Crippen LogP contribution in [0.25, 0.3) is 0 Å². The molecule has 0 radical (unpaired) electrons. The van der Waals surface area contributed by atoms with E-state index in [-0.39, 0.29) is 5.41 Å². The highest BCUT2D eigenvalue weighted by atomic mass is 32.2. The molecule has 12 heteroatoms. The third kappa shape index (κ3) is 6.37. The Morgan fingerprint density at radius 3 is 2.58 bits per heavy atom. The first kappa shape index (κ1) is 25.5. The first-order chi connectivity index (χ1) is 14.3. The van der Waals surface area contributed by atoms with Crippen molar-refractivity contribution < 1.29 is 36.2 Å². The number of aliphatic carboxylic acids is 1. The van der Waals surface area contributed by atoms with E-state index < -0.39 is 22.4 Å². The number of ether oxygens (including phenoxy) is 1. The number of rotatable bonds is 6. The summed E-state index contributed by atoms with van der Waals surface area (Å²) in [7, 11) is -0.154. The number of halogens is 3. The largest absolute Gasteiger partial charge is 0.490 e. The van der Waals surface area contributed by atoms with Crippen LogP contribution in [0.4, 0.5) is 13.2 Å². The van der Waals surface area contributed by atoms with Crippen LogP contribution in [-0.2, 0) is 26.3 Å². The van der Waals surface area contributed by atoms with Crippen LogP contribution in [-0.4, -0.2) is 73.1 Å². The summed E-state index contributed by atoms with van der Waals surface area (Å²) in [5.74, 6) is -2.36. The maximum atomic E-state index is 12.4. The van der Waals surface area contributed by atoms with Gasteiger partial charge in [0.15, 0.2) is 0 Å². The molecule has 0 spiro atoms. The molecule has 0 aromatic carbocycles. The van der Waals surface area contributed by atoms with Crippen molar-refractivity contribution in [2.45, 2.75) is 39.0 Å². The molecular formula is C19H28F3N3O5S. The number of hydrogen-bond acceptors (Lipinski definition) is 5. The molecule has 2 fully saturated rings. The van der Waals surface area contributed by atoms with E-state index in [1.54, 1.807) is 18.4 Å². The molecule has 3 rings (SSSR count). The first-order valence-electron chi connectivity index (χ1n) is 9.76. The zero-order valence-corrected chi connectivity index (χ0v) is 18.5. The molecule has 1 aliphatic heterocycles. The molecule has 8 nitrogen and oxygen atoms in total. The van der Waals surface area contributed by atoms with Gasteiger partial charge in [0, 0.05) is 38.3 Å². The summed E-state index contributed by atoms with van der Waals surface area (Å²) in [5.41, 5.74) is 1.88. The topological polar surface area (TPSA) is 100 Å². The smallest absolute Gasteiger partial charge is 0.475 e. The lowest BCUT2D eigenvalue weighted by Gasteiger charge is -2.29. The molecule has 1 N–H and O–H groups in total. The van der Waals surface area contributed by atoms with Gasteiger partial charge in [-0.3, -0.25) is 4.98 Å². The molecule has 2 aliphatic rings. The van der Waals surface area contributed by atoms with E-state index >= 15 is 0 Å². The summed E-state index contributed by atoms with van der Waals surface area (Å²) in [6.45, 7) is 4.24. The predicted octanol–water partition coefficient (Wildman–Crippen LogP) is 2.45. The fourth-order valence-electron chi connectivity index (χ4n) is 4.05. The van der Waals surface area contributed by atoms with Crippen LogP contribution in [0.1, 0.15) is 30.7 Å². The highest BCUT2D eigenvalue weighted by Gasteiger charge is 2.52. The number of aromatic nitrogens is 1. The molecule has 176 valence electrons. The molecule has 1 aromatic rings. The molecule has 1 aliphatic carbocycles. The lowest BCUT2D eigenvalue weighted by molar-refractivity contribution is -0.192. The maximum absolute atomic E-state index is 12.4. The standard InChI is InChI=1S/C17H27N3O3S.C2HF3O2/c1-14-6-4-8-16(18-14)11-23-13-17-9-5-7-15(17)10-20(12-17)24(21,22)19(2)3;3-2(4,5)1(6)7/h4,6,8,15H,5,7,9-13H2,1-3H3;(H,6,7)/t15-,17+;/m1./s1. The normalized spacial score (nSPS) is 24.0. The van der Waals surface area contributed by atoms with Crippen molar-refractivity contribution in [2.75, 3.05) is 33.8 Å². The van der Waals surface area contributed by atoms with Crippen LogP contribution in [0.2, 0.25) is 0 Å². The molecule has 2 atom stereocenters. The molecular weight excluding hydrogens is 439 g/mol. The van der Waals surface area contributed by atoms with Gasteiger partial charge >= 0.3 is 12.1 Å². The Labute approximate surface area is 180 Å². The van der Waals surface area contributed by atoms with Crippen molar-refractivity contribution in [2.24, 2.45) is 11.3 Å². The molecule has 0 bridgehead atoms. The van der Waals surface area contributed by atoms with Gasteiger partial charge in [0.05, 0.1) is 18.9 Å². The van der Waals surface area contributed by atoms with Gasteiger partial charge < -0.3 is 9.84 Å². The van der Waals surface area contributed by atoms with Crippen LogP contribution >= 0.6 is 0 Å². The minimum Gasteiger partial charge on any atom is -0.475 e. The van der Waals surface area contributed by atoms with Crippen molar-refractivity contribution in [3.8, 4) is 0 Å². The van der Waals surface area contributed by atoms with Gasteiger partial charge in [0.2, 0.25) is 0 Å². The number of alkyl halides is 3. The van der Waals surface area contributed by atoms with E-state index in [1.165, 1.54) is 4.31 Å². The second-order valence-electron chi connectivity index (χ2n) is 8.10. The number of aryl methyl sites for hydroxylation is 1. The molecule has 1 saturated heterocycles. The fraction of sp³-hybridized carbons (Fsp3) is 0.684. The summed E-state index contributed by atoms with van der Waals surface area (Å²) in [5, 5.41) is 7.12. The second-order valence-corrected chi connectivity index (χ2v) is 10.2. The molecule has 0 unspecified atom stereocenters. The summed E-state index contributed by atoms with van der Waals surface area (Å²) in [6.07, 6.45) is -1.80. The van der Waals surface area contributed by atoms with E-state index in [4.69, 9.17) is 14.6 Å². The Kier molecular flexibility index (Phi) is 8.06. The summed E-state index contributed by atoms with van der Waals surface area (Å²) in [4.78, 5) is 13.4.